The number of aromatic nitrogens is 3. The maximum atomic E-state index is 11.5. The molecule has 72 valence electrons. The van der Waals surface area contributed by atoms with Crippen LogP contribution < -0.4 is 10.8 Å². The number of para-hydroxylation sites is 1. The van der Waals surface area contributed by atoms with Crippen LogP contribution in [0.4, 0.5) is 0 Å². The highest BCUT2D eigenvalue weighted by atomic mass is 16.3. The van der Waals surface area contributed by atoms with Crippen molar-refractivity contribution in [2.75, 3.05) is 0 Å². The van der Waals surface area contributed by atoms with E-state index in [4.69, 9.17) is 0 Å². The van der Waals surface area contributed by atoms with Crippen LogP contribution in [-0.2, 0) is 7.05 Å². The largest absolute Gasteiger partial charge is 0.844 e. The third-order valence-corrected chi connectivity index (χ3v) is 1.94. The molecule has 0 aliphatic rings. The van der Waals surface area contributed by atoms with Crippen LogP contribution in [0.15, 0.2) is 35.1 Å². The van der Waals surface area contributed by atoms with Crippen molar-refractivity contribution in [1.29, 1.82) is 0 Å². The highest BCUT2D eigenvalue weighted by Crippen LogP contribution is 2.03. The summed E-state index contributed by atoms with van der Waals surface area (Å²) in [6.45, 7) is 0. The molecule has 0 spiro atoms. The van der Waals surface area contributed by atoms with Crippen molar-refractivity contribution < 1.29 is 5.11 Å². The molecular weight excluding hydrogens is 182 g/mol. The maximum Gasteiger partial charge on any atom is 0.349 e. The van der Waals surface area contributed by atoms with E-state index in [0.29, 0.717) is 5.69 Å². The number of hydrogen-bond acceptors (Lipinski definition) is 3. The van der Waals surface area contributed by atoms with Gasteiger partial charge in [-0.15, -0.1) is 0 Å². The summed E-state index contributed by atoms with van der Waals surface area (Å²) in [5.41, 5.74) is 0.163. The molecule has 2 rings (SSSR count). The van der Waals surface area contributed by atoms with Gasteiger partial charge in [0, 0.05) is 7.05 Å². The molecule has 0 aliphatic carbocycles. The Morgan fingerprint density at radius 3 is 2.43 bits per heavy atom. The summed E-state index contributed by atoms with van der Waals surface area (Å²) in [5, 5.41) is 14.7. The van der Waals surface area contributed by atoms with Gasteiger partial charge in [0.2, 0.25) is 0 Å². The Bertz CT molecular complexity index is 499. The molecule has 14 heavy (non-hydrogen) atoms. The van der Waals surface area contributed by atoms with Gasteiger partial charge in [-0.05, 0) is 12.1 Å². The fourth-order valence-corrected chi connectivity index (χ4v) is 1.16. The smallest absolute Gasteiger partial charge is 0.349 e. The third kappa shape index (κ3) is 1.19. The van der Waals surface area contributed by atoms with Crippen molar-refractivity contribution in [2.45, 2.75) is 0 Å². The first-order valence-corrected chi connectivity index (χ1v) is 4.08. The van der Waals surface area contributed by atoms with E-state index in [1.807, 2.05) is 6.07 Å². The molecule has 0 saturated carbocycles. The van der Waals surface area contributed by atoms with Crippen LogP contribution in [0.25, 0.3) is 5.69 Å². The highest BCUT2D eigenvalue weighted by Gasteiger charge is 2.04. The van der Waals surface area contributed by atoms with Gasteiger partial charge in [0.15, 0.2) is 0 Å². The first-order valence-electron chi connectivity index (χ1n) is 4.08. The molecule has 0 bridgehead atoms. The minimum Gasteiger partial charge on any atom is -0.844 e. The molecule has 0 fully saturated rings. The van der Waals surface area contributed by atoms with Gasteiger partial charge < -0.3 is 5.11 Å². The zero-order valence-electron chi connectivity index (χ0n) is 7.54. The molecule has 0 radical (unpaired) electrons. The molecule has 5 heteroatoms. The Hall–Kier alpha value is -2.04. The maximum absolute atomic E-state index is 11.5. The molecule has 1 heterocycles. The topological polar surface area (TPSA) is 62.9 Å². The number of rotatable bonds is 1. The van der Waals surface area contributed by atoms with Gasteiger partial charge in [-0.25, -0.2) is 4.79 Å². The minimum atomic E-state index is -0.543. The highest BCUT2D eigenvalue weighted by molar-refractivity contribution is 5.29. The van der Waals surface area contributed by atoms with E-state index < -0.39 is 11.7 Å². The van der Waals surface area contributed by atoms with Gasteiger partial charge in [-0.3, -0.25) is 4.57 Å². The monoisotopic (exact) mass is 190 g/mol. The zero-order valence-corrected chi connectivity index (χ0v) is 7.54. The summed E-state index contributed by atoms with van der Waals surface area (Å²) < 4.78 is 2.05. The lowest BCUT2D eigenvalue weighted by Crippen LogP contribution is -2.21. The normalized spacial score (nSPS) is 10.4. The summed E-state index contributed by atoms with van der Waals surface area (Å²) in [4.78, 5) is 11.5. The molecular formula is C9H8N3O2-. The van der Waals surface area contributed by atoms with Crippen molar-refractivity contribution in [1.82, 2.24) is 14.3 Å². The van der Waals surface area contributed by atoms with Crippen LogP contribution in [0.3, 0.4) is 0 Å². The Balaban J connectivity index is 2.64. The van der Waals surface area contributed by atoms with Crippen LogP contribution in [0.1, 0.15) is 0 Å². The molecule has 0 N–H and O–H groups in total. The van der Waals surface area contributed by atoms with Crippen LogP contribution in [-0.4, -0.2) is 14.3 Å². The van der Waals surface area contributed by atoms with Gasteiger partial charge in [-0.2, -0.15) is 9.78 Å². The lowest BCUT2D eigenvalue weighted by Gasteiger charge is -1.98. The van der Waals surface area contributed by atoms with Gasteiger partial charge in [0.1, 0.15) is 0 Å². The quantitative estimate of drug-likeness (QED) is 0.617. The van der Waals surface area contributed by atoms with E-state index in [1.54, 1.807) is 24.3 Å². The van der Waals surface area contributed by atoms with E-state index >= 15 is 0 Å². The fourth-order valence-electron chi connectivity index (χ4n) is 1.16. The second kappa shape index (κ2) is 3.02. The van der Waals surface area contributed by atoms with Crippen molar-refractivity contribution >= 4 is 0 Å². The average molecular weight is 190 g/mol. The van der Waals surface area contributed by atoms with Crippen molar-refractivity contribution in [3.05, 3.63) is 40.8 Å². The van der Waals surface area contributed by atoms with Gasteiger partial charge in [0.05, 0.1) is 11.7 Å². The molecule has 0 atom stereocenters. The molecule has 0 amide bonds. The minimum absolute atomic E-state index is 0.429. The van der Waals surface area contributed by atoms with Crippen LogP contribution in [0.2, 0.25) is 0 Å². The van der Waals surface area contributed by atoms with Gasteiger partial charge >= 0.3 is 5.69 Å². The van der Waals surface area contributed by atoms with E-state index in [0.717, 1.165) is 9.25 Å². The van der Waals surface area contributed by atoms with E-state index in [9.17, 15) is 9.90 Å². The zero-order chi connectivity index (χ0) is 10.1. The Morgan fingerprint density at radius 1 is 1.29 bits per heavy atom. The summed E-state index contributed by atoms with van der Waals surface area (Å²) >= 11 is 0. The molecule has 5 nitrogen and oxygen atoms in total. The van der Waals surface area contributed by atoms with Crippen molar-refractivity contribution in [2.24, 2.45) is 7.05 Å². The van der Waals surface area contributed by atoms with Crippen LogP contribution in [0.5, 0.6) is 6.01 Å². The number of benzene rings is 1. The third-order valence-electron chi connectivity index (χ3n) is 1.94. The van der Waals surface area contributed by atoms with Gasteiger partial charge in [-0.1, -0.05) is 18.2 Å². The first-order chi connectivity index (χ1) is 6.70. The lowest BCUT2D eigenvalue weighted by atomic mass is 10.3. The predicted octanol–water partition coefficient (Wildman–Crippen LogP) is -0.355. The van der Waals surface area contributed by atoms with E-state index in [-0.39, 0.29) is 0 Å². The molecule has 1 aromatic heterocycles. The van der Waals surface area contributed by atoms with E-state index in [1.165, 1.54) is 7.05 Å². The lowest BCUT2D eigenvalue weighted by molar-refractivity contribution is -0.285. The van der Waals surface area contributed by atoms with Crippen molar-refractivity contribution in [3.63, 3.8) is 0 Å². The Labute approximate surface area is 79.8 Å². The number of hydrogen-bond donors (Lipinski definition) is 0. The van der Waals surface area contributed by atoms with Gasteiger partial charge in [0.25, 0.3) is 0 Å². The molecule has 2 aromatic rings. The molecule has 0 unspecified atom stereocenters. The predicted molar refractivity (Wildman–Crippen MR) is 48.3 cm³/mol. The second-order valence-electron chi connectivity index (χ2n) is 2.87. The molecule has 1 aromatic carbocycles. The Kier molecular flexibility index (Phi) is 1.85. The number of nitrogens with zero attached hydrogens (tertiary/aromatic N) is 3. The summed E-state index contributed by atoms with van der Waals surface area (Å²) in [7, 11) is 1.40. The molecule has 0 aliphatic heterocycles. The Morgan fingerprint density at radius 2 is 1.93 bits per heavy atom. The molecule has 0 saturated heterocycles. The van der Waals surface area contributed by atoms with Crippen LogP contribution >= 0.6 is 0 Å². The first kappa shape index (κ1) is 8.55. The van der Waals surface area contributed by atoms with E-state index in [2.05, 4.69) is 5.10 Å². The standard InChI is InChI=1S/C9H9N3O2/c1-11-8(13)10-12(9(11)14)7-5-3-2-4-6-7/h2-6H,1H3,(H,10,13)/p-1. The average Bonchev–Trinajstić information content (AvgIpc) is 2.47. The summed E-state index contributed by atoms with van der Waals surface area (Å²) in [5.74, 6) is 0. The SMILES string of the molecule is Cn1c([O-])nn(-c2ccccc2)c1=O. The van der Waals surface area contributed by atoms with Crippen molar-refractivity contribution in [3.8, 4) is 11.7 Å². The second-order valence-corrected chi connectivity index (χ2v) is 2.87. The summed E-state index contributed by atoms with van der Waals surface area (Å²) in [6.07, 6.45) is 0. The summed E-state index contributed by atoms with van der Waals surface area (Å²) in [6, 6.07) is 8.28. The van der Waals surface area contributed by atoms with Crippen LogP contribution in [0, 0.1) is 0 Å². The fraction of sp³-hybridized carbons (Fsp3) is 0.111.